The molecule has 0 rings (SSSR count). The third kappa shape index (κ3) is 3.71. The first-order chi connectivity index (χ1) is 3.98. The van der Waals surface area contributed by atoms with Gasteiger partial charge in [0, 0.05) is 6.42 Å². The summed E-state index contributed by atoms with van der Waals surface area (Å²) in [5, 5.41) is 8.27. The summed E-state index contributed by atoms with van der Waals surface area (Å²) in [6, 6.07) is 0. The normalized spacial score (nSPS) is 16.0. The molecule has 1 N–H and O–H groups in total. The van der Waals surface area contributed by atoms with Crippen molar-refractivity contribution in [3.8, 4) is 0 Å². The molecule has 0 aliphatic rings. The lowest BCUT2D eigenvalue weighted by atomic mass is 10.3. The smallest absolute Gasteiger partial charge is 0.384 e. The van der Waals surface area contributed by atoms with Gasteiger partial charge in [-0.05, 0) is 9.24 Å². The van der Waals surface area contributed by atoms with Crippen LogP contribution in [0.15, 0.2) is 0 Å². The lowest BCUT2D eigenvalue weighted by Gasteiger charge is -2.11. The van der Waals surface area contributed by atoms with Crippen molar-refractivity contribution in [3.63, 3.8) is 0 Å². The van der Waals surface area contributed by atoms with Gasteiger partial charge < -0.3 is 5.11 Å². The van der Waals surface area contributed by atoms with E-state index in [-0.39, 0.29) is 6.42 Å². The highest BCUT2D eigenvalue weighted by Crippen LogP contribution is 2.22. The molecule has 0 bridgehead atoms. The first kappa shape index (κ1) is 9.18. The lowest BCUT2D eigenvalue weighted by molar-refractivity contribution is -0.203. The molecule has 9 heavy (non-hydrogen) atoms. The summed E-state index contributed by atoms with van der Waals surface area (Å²) in [5.74, 6) is 0. The van der Waals surface area contributed by atoms with Gasteiger partial charge in [-0.1, -0.05) is 0 Å². The average Bonchev–Trinajstić information content (AvgIpc) is 1.64. The Balaban J connectivity index is 3.59. The van der Waals surface area contributed by atoms with E-state index >= 15 is 0 Å². The Labute approximate surface area is 53.5 Å². The highest BCUT2D eigenvalue weighted by molar-refractivity contribution is 7.16. The Bertz CT molecular complexity index is 82.4. The highest BCUT2D eigenvalue weighted by atomic mass is 31.0. The van der Waals surface area contributed by atoms with Crippen LogP contribution < -0.4 is 0 Å². The molecule has 5 heteroatoms. The van der Waals surface area contributed by atoms with Crippen molar-refractivity contribution in [2.45, 2.75) is 18.7 Å². The van der Waals surface area contributed by atoms with Crippen LogP contribution in [0.2, 0.25) is 0 Å². The molecule has 0 aliphatic heterocycles. The number of aliphatic hydroxyl groups excluding tert-OH is 1. The second-order valence-electron chi connectivity index (χ2n) is 1.70. The molecule has 56 valence electrons. The molecule has 0 amide bonds. The van der Waals surface area contributed by atoms with Crippen molar-refractivity contribution in [2.24, 2.45) is 0 Å². The second-order valence-corrected chi connectivity index (χ2v) is 2.41. The van der Waals surface area contributed by atoms with Crippen LogP contribution in [0.4, 0.5) is 13.2 Å². The number of halogens is 3. The summed E-state index contributed by atoms with van der Waals surface area (Å²) in [7, 11) is 1.42. The molecule has 0 radical (unpaired) electrons. The predicted molar refractivity (Wildman–Crippen MR) is 32.7 cm³/mol. The van der Waals surface area contributed by atoms with Crippen LogP contribution in [0, 0.1) is 0 Å². The minimum atomic E-state index is -4.43. The molecule has 0 aliphatic carbocycles. The van der Waals surface area contributed by atoms with E-state index in [0.29, 0.717) is 6.16 Å². The van der Waals surface area contributed by atoms with Gasteiger partial charge >= 0.3 is 6.18 Å². The number of alkyl halides is 3. The number of hydrogen-bond acceptors (Lipinski definition) is 1. The third-order valence-electron chi connectivity index (χ3n) is 0.855. The van der Waals surface area contributed by atoms with Crippen LogP contribution in [0.5, 0.6) is 0 Å². The Morgan fingerprint density at radius 1 is 1.44 bits per heavy atom. The Morgan fingerprint density at radius 2 is 1.89 bits per heavy atom. The maximum Gasteiger partial charge on any atom is 0.414 e. The van der Waals surface area contributed by atoms with E-state index in [2.05, 4.69) is 0 Å². The SMILES string of the molecule is OC(CC[PH3+])C(F)(F)F. The monoisotopic (exact) mass is 161 g/mol. The summed E-state index contributed by atoms with van der Waals surface area (Å²) in [6.45, 7) is 0. The summed E-state index contributed by atoms with van der Waals surface area (Å²) < 4.78 is 34.2. The van der Waals surface area contributed by atoms with Crippen LogP contribution in [0.3, 0.4) is 0 Å². The van der Waals surface area contributed by atoms with Crippen molar-refractivity contribution >= 4 is 9.24 Å². The zero-order chi connectivity index (χ0) is 7.49. The first-order valence-corrected chi connectivity index (χ1v) is 3.52. The summed E-state index contributed by atoms with van der Waals surface area (Å²) in [6.07, 6.45) is -6.38. The fourth-order valence-electron chi connectivity index (χ4n) is 0.357. The van der Waals surface area contributed by atoms with Crippen LogP contribution in [0.25, 0.3) is 0 Å². The van der Waals surface area contributed by atoms with Crippen molar-refractivity contribution in [2.75, 3.05) is 6.16 Å². The van der Waals surface area contributed by atoms with E-state index in [1.165, 1.54) is 9.24 Å². The average molecular weight is 161 g/mol. The minimum absolute atomic E-state index is 0.193. The van der Waals surface area contributed by atoms with Gasteiger partial charge in [-0.15, -0.1) is 0 Å². The second kappa shape index (κ2) is 3.37. The van der Waals surface area contributed by atoms with Gasteiger partial charge in [0.2, 0.25) is 0 Å². The Morgan fingerprint density at radius 3 is 2.00 bits per heavy atom. The maximum absolute atomic E-state index is 11.4. The van der Waals surface area contributed by atoms with Gasteiger partial charge in [0.1, 0.15) is 0 Å². The van der Waals surface area contributed by atoms with Gasteiger partial charge in [-0.3, -0.25) is 0 Å². The standard InChI is InChI=1S/C4H8F3OP/c5-4(6,7)3(8)1-2-9/h3,8H,1-2,9H2/p+1. The fraction of sp³-hybridized carbons (Fsp3) is 1.00. The largest absolute Gasteiger partial charge is 0.414 e. The molecule has 1 nitrogen and oxygen atoms in total. The molecular weight excluding hydrogens is 152 g/mol. The Hall–Kier alpha value is 0.180. The topological polar surface area (TPSA) is 20.2 Å². The number of rotatable bonds is 2. The molecule has 2 unspecified atom stereocenters. The molecule has 0 saturated carbocycles. The van der Waals surface area contributed by atoms with Crippen LogP contribution in [0.1, 0.15) is 6.42 Å². The highest BCUT2D eigenvalue weighted by Gasteiger charge is 2.37. The van der Waals surface area contributed by atoms with Crippen molar-refractivity contribution in [1.29, 1.82) is 0 Å². The third-order valence-corrected chi connectivity index (χ3v) is 1.26. The van der Waals surface area contributed by atoms with E-state index in [0.717, 1.165) is 0 Å². The summed E-state index contributed by atoms with van der Waals surface area (Å²) in [4.78, 5) is 0. The lowest BCUT2D eigenvalue weighted by Crippen LogP contribution is -2.28. The van der Waals surface area contributed by atoms with Gasteiger partial charge in [-0.25, -0.2) is 0 Å². The van der Waals surface area contributed by atoms with Gasteiger partial charge in [0.05, 0.1) is 6.16 Å². The first-order valence-electron chi connectivity index (χ1n) is 2.52. The predicted octanol–water partition coefficient (Wildman–Crippen LogP) is 0.907. The van der Waals surface area contributed by atoms with Crippen molar-refractivity contribution in [1.82, 2.24) is 0 Å². The minimum Gasteiger partial charge on any atom is -0.384 e. The number of aliphatic hydroxyl groups is 1. The van der Waals surface area contributed by atoms with E-state index in [1.807, 2.05) is 0 Å². The Kier molecular flexibility index (Phi) is 3.44. The van der Waals surface area contributed by atoms with Crippen LogP contribution in [-0.2, 0) is 0 Å². The van der Waals surface area contributed by atoms with E-state index in [9.17, 15) is 13.2 Å². The molecule has 0 spiro atoms. The van der Waals surface area contributed by atoms with Gasteiger partial charge in [-0.2, -0.15) is 13.2 Å². The molecule has 0 heterocycles. The quantitative estimate of drug-likeness (QED) is 0.596. The van der Waals surface area contributed by atoms with Crippen LogP contribution >= 0.6 is 9.24 Å². The molecule has 0 aromatic heterocycles. The fourth-order valence-corrected chi connectivity index (χ4v) is 0.744. The summed E-state index contributed by atoms with van der Waals surface area (Å²) in [5.41, 5.74) is 0. The molecule has 2 atom stereocenters. The van der Waals surface area contributed by atoms with Crippen molar-refractivity contribution < 1.29 is 18.3 Å². The molecule has 0 fully saturated rings. The van der Waals surface area contributed by atoms with E-state index in [1.54, 1.807) is 0 Å². The maximum atomic E-state index is 11.4. The van der Waals surface area contributed by atoms with Gasteiger partial charge in [0.25, 0.3) is 0 Å². The zero-order valence-electron chi connectivity index (χ0n) is 4.78. The zero-order valence-corrected chi connectivity index (χ0v) is 6.19. The summed E-state index contributed by atoms with van der Waals surface area (Å²) >= 11 is 0. The van der Waals surface area contributed by atoms with E-state index < -0.39 is 12.3 Å². The molecular formula is C4H9F3OP+. The number of hydrogen-bond donors (Lipinski definition) is 1. The van der Waals surface area contributed by atoms with Gasteiger partial charge in [0.15, 0.2) is 6.10 Å². The molecule has 0 aromatic carbocycles. The van der Waals surface area contributed by atoms with E-state index in [4.69, 9.17) is 5.11 Å². The molecule has 0 saturated heterocycles. The van der Waals surface area contributed by atoms with Crippen molar-refractivity contribution in [3.05, 3.63) is 0 Å². The molecule has 0 aromatic rings. The van der Waals surface area contributed by atoms with Crippen LogP contribution in [-0.4, -0.2) is 23.5 Å².